The van der Waals surface area contributed by atoms with E-state index in [1.54, 1.807) is 30.3 Å². The van der Waals surface area contributed by atoms with E-state index in [0.717, 1.165) is 27.2 Å². The molecule has 2 aromatic rings. The number of thioether (sulfide) groups is 1. The van der Waals surface area contributed by atoms with Gasteiger partial charge in [-0.25, -0.2) is 12.7 Å². The van der Waals surface area contributed by atoms with Crippen LogP contribution in [0.2, 0.25) is 0 Å². The number of fused-ring (bicyclic) bond motifs is 2. The fraction of sp³-hybridized carbons (Fsp3) is 0.286. The summed E-state index contributed by atoms with van der Waals surface area (Å²) in [4.78, 5) is 25.6. The van der Waals surface area contributed by atoms with Gasteiger partial charge in [0.2, 0.25) is 6.04 Å². The Morgan fingerprint density at radius 1 is 1.07 bits per heavy atom. The zero-order chi connectivity index (χ0) is 21.7. The SMILES string of the molecule is Cc1ccc(S[C@]23C=C[C@H](C[C@@H]2[N+](=O)[O-])N(S(=O)(=O)c2ccc(C)cc2)C3=O)cc1. The van der Waals surface area contributed by atoms with Crippen LogP contribution in [0, 0.1) is 24.0 Å². The van der Waals surface area contributed by atoms with E-state index in [1.807, 2.05) is 26.0 Å². The second-order valence-electron chi connectivity index (χ2n) is 7.59. The van der Waals surface area contributed by atoms with Gasteiger partial charge in [-0.05, 0) is 38.1 Å². The lowest BCUT2D eigenvalue weighted by Crippen LogP contribution is -2.67. The van der Waals surface area contributed by atoms with Crippen molar-refractivity contribution in [1.29, 1.82) is 0 Å². The van der Waals surface area contributed by atoms with Crippen molar-refractivity contribution in [3.05, 3.63) is 81.9 Å². The maximum Gasteiger partial charge on any atom is 0.267 e. The van der Waals surface area contributed by atoms with Crippen molar-refractivity contribution in [2.45, 2.75) is 46.9 Å². The van der Waals surface area contributed by atoms with Gasteiger partial charge in [-0.3, -0.25) is 14.9 Å². The molecule has 2 aromatic carbocycles. The lowest BCUT2D eigenvalue weighted by Gasteiger charge is -2.47. The summed E-state index contributed by atoms with van der Waals surface area (Å²) in [5, 5.41) is 11.8. The van der Waals surface area contributed by atoms with Crippen molar-refractivity contribution in [2.75, 3.05) is 0 Å². The first-order valence-electron chi connectivity index (χ1n) is 9.39. The molecule has 0 radical (unpaired) electrons. The predicted molar refractivity (Wildman–Crippen MR) is 113 cm³/mol. The first-order valence-corrected chi connectivity index (χ1v) is 11.6. The van der Waals surface area contributed by atoms with Crippen LogP contribution in [0.5, 0.6) is 0 Å². The van der Waals surface area contributed by atoms with Gasteiger partial charge in [-0.2, -0.15) is 0 Å². The minimum atomic E-state index is -4.15. The van der Waals surface area contributed by atoms with Crippen LogP contribution in [0.15, 0.2) is 70.5 Å². The van der Waals surface area contributed by atoms with Crippen LogP contribution in [-0.2, 0) is 14.8 Å². The maximum atomic E-state index is 13.6. The fourth-order valence-corrected chi connectivity index (χ4v) is 6.82. The van der Waals surface area contributed by atoms with E-state index in [-0.39, 0.29) is 11.3 Å². The molecule has 7 nitrogen and oxygen atoms in total. The molecule has 1 fully saturated rings. The summed E-state index contributed by atoms with van der Waals surface area (Å²) >= 11 is 1.04. The Balaban J connectivity index is 1.79. The van der Waals surface area contributed by atoms with Crippen LogP contribution >= 0.6 is 11.8 Å². The Hall–Kier alpha value is -2.65. The average Bonchev–Trinajstić information content (AvgIpc) is 2.70. The number of amides is 1. The van der Waals surface area contributed by atoms with Crippen LogP contribution in [0.1, 0.15) is 17.5 Å². The molecule has 9 heteroatoms. The summed E-state index contributed by atoms with van der Waals surface area (Å²) in [6, 6.07) is 11.4. The van der Waals surface area contributed by atoms with E-state index in [2.05, 4.69) is 0 Å². The summed E-state index contributed by atoms with van der Waals surface area (Å²) < 4.78 is 25.8. The highest BCUT2D eigenvalue weighted by Gasteiger charge is 2.64. The van der Waals surface area contributed by atoms with Gasteiger partial charge in [0.25, 0.3) is 15.9 Å². The third-order valence-electron chi connectivity index (χ3n) is 5.50. The van der Waals surface area contributed by atoms with Crippen molar-refractivity contribution in [3.63, 3.8) is 0 Å². The predicted octanol–water partition coefficient (Wildman–Crippen LogP) is 3.34. The van der Waals surface area contributed by atoms with Crippen molar-refractivity contribution < 1.29 is 18.1 Å². The van der Waals surface area contributed by atoms with Crippen LogP contribution in [-0.4, -0.2) is 40.4 Å². The molecule has 156 valence electrons. The Morgan fingerprint density at radius 2 is 1.63 bits per heavy atom. The molecule has 1 aliphatic carbocycles. The Bertz CT molecular complexity index is 1140. The Kier molecular flexibility index (Phi) is 4.98. The molecular formula is C21H20N2O5S2. The highest BCUT2D eigenvalue weighted by Crippen LogP contribution is 2.49. The molecule has 30 heavy (non-hydrogen) atoms. The normalized spacial score (nSPS) is 25.5. The maximum absolute atomic E-state index is 13.6. The third kappa shape index (κ3) is 3.22. The van der Waals surface area contributed by atoms with E-state index in [1.165, 1.54) is 18.2 Å². The molecule has 2 heterocycles. The third-order valence-corrected chi connectivity index (χ3v) is 8.75. The average molecular weight is 445 g/mol. The summed E-state index contributed by atoms with van der Waals surface area (Å²) in [6.07, 6.45) is 3.07. The van der Waals surface area contributed by atoms with E-state index in [4.69, 9.17) is 0 Å². The molecule has 3 atom stereocenters. The largest absolute Gasteiger partial charge is 0.271 e. The number of piperidine rings is 1. The number of aryl methyl sites for hydroxylation is 2. The summed E-state index contributed by atoms with van der Waals surface area (Å²) in [7, 11) is -4.15. The van der Waals surface area contributed by atoms with Gasteiger partial charge in [-0.15, -0.1) is 0 Å². The lowest BCUT2D eigenvalue weighted by atomic mass is 9.82. The van der Waals surface area contributed by atoms with Gasteiger partial charge >= 0.3 is 0 Å². The topological polar surface area (TPSA) is 97.6 Å². The quantitative estimate of drug-likeness (QED) is 0.399. The number of carbonyl (C=O) groups excluding carboxylic acids is 1. The first kappa shape index (κ1) is 20.6. The van der Waals surface area contributed by atoms with Crippen LogP contribution in [0.25, 0.3) is 0 Å². The van der Waals surface area contributed by atoms with Gasteiger partial charge in [0.05, 0.1) is 10.9 Å². The highest BCUT2D eigenvalue weighted by molar-refractivity contribution is 8.01. The molecule has 2 aliphatic heterocycles. The minimum Gasteiger partial charge on any atom is -0.271 e. The Morgan fingerprint density at radius 3 is 2.20 bits per heavy atom. The van der Waals surface area contributed by atoms with E-state index >= 15 is 0 Å². The number of nitrogens with zero attached hydrogens (tertiary/aromatic N) is 2. The zero-order valence-corrected chi connectivity index (χ0v) is 18.0. The molecule has 3 aliphatic rings. The summed E-state index contributed by atoms with van der Waals surface area (Å²) in [5.41, 5.74) is 1.90. The molecule has 0 aromatic heterocycles. The zero-order valence-electron chi connectivity index (χ0n) is 16.4. The minimum absolute atomic E-state index is 0.00413. The van der Waals surface area contributed by atoms with Crippen molar-refractivity contribution in [3.8, 4) is 0 Å². The van der Waals surface area contributed by atoms with Crippen LogP contribution < -0.4 is 0 Å². The van der Waals surface area contributed by atoms with Crippen molar-refractivity contribution >= 4 is 27.7 Å². The number of sulfonamides is 1. The highest BCUT2D eigenvalue weighted by atomic mass is 32.2. The smallest absolute Gasteiger partial charge is 0.267 e. The number of carbonyl (C=O) groups is 1. The van der Waals surface area contributed by atoms with Gasteiger partial charge < -0.3 is 0 Å². The van der Waals surface area contributed by atoms with E-state index in [0.29, 0.717) is 4.90 Å². The van der Waals surface area contributed by atoms with Gasteiger partial charge in [0.15, 0.2) is 4.75 Å². The van der Waals surface area contributed by atoms with Crippen molar-refractivity contribution in [2.24, 2.45) is 0 Å². The molecule has 0 unspecified atom stereocenters. The first-order chi connectivity index (χ1) is 14.1. The molecule has 0 spiro atoms. The second-order valence-corrected chi connectivity index (χ2v) is 10.8. The Labute approximate surface area is 179 Å². The van der Waals surface area contributed by atoms with Gasteiger partial charge in [-0.1, -0.05) is 59.3 Å². The molecule has 5 rings (SSSR count). The second kappa shape index (κ2) is 7.24. The standard InChI is InChI=1S/C21H20N2O5S2/c1-14-3-7-17(8-4-14)29-21-12-11-16(13-19(21)23(25)26)22(20(21)24)30(27,28)18-9-5-15(2)6-10-18/h3-12,16,19H,13H2,1-2H3/t16-,19+,21-/m1/s1. The molecule has 1 saturated heterocycles. The van der Waals surface area contributed by atoms with Crippen LogP contribution in [0.4, 0.5) is 0 Å². The number of hydrogen-bond acceptors (Lipinski definition) is 6. The van der Waals surface area contributed by atoms with Gasteiger partial charge in [0, 0.05) is 16.2 Å². The van der Waals surface area contributed by atoms with Crippen LogP contribution in [0.3, 0.4) is 0 Å². The summed E-state index contributed by atoms with van der Waals surface area (Å²) in [6.45, 7) is 3.75. The number of hydrogen-bond donors (Lipinski definition) is 0. The molecular weight excluding hydrogens is 424 g/mol. The van der Waals surface area contributed by atoms with E-state index in [9.17, 15) is 23.3 Å². The summed E-state index contributed by atoms with van der Waals surface area (Å²) in [5.74, 6) is -0.769. The molecule has 2 bridgehead atoms. The number of rotatable bonds is 5. The lowest BCUT2D eigenvalue weighted by molar-refractivity contribution is -0.527. The monoisotopic (exact) mass is 444 g/mol. The number of nitro groups is 1. The molecule has 0 N–H and O–H groups in total. The number of benzene rings is 2. The fourth-order valence-electron chi connectivity index (χ4n) is 3.86. The molecule has 0 saturated carbocycles. The van der Waals surface area contributed by atoms with E-state index < -0.39 is 37.7 Å². The van der Waals surface area contributed by atoms with Gasteiger partial charge in [0.1, 0.15) is 0 Å². The molecule has 1 amide bonds. The van der Waals surface area contributed by atoms with Crippen molar-refractivity contribution in [1.82, 2.24) is 4.31 Å².